The molecule has 1 fully saturated rings. The second-order valence-corrected chi connectivity index (χ2v) is 3.35. The van der Waals surface area contributed by atoms with Crippen molar-refractivity contribution in [2.75, 3.05) is 13.1 Å². The lowest BCUT2D eigenvalue weighted by atomic mass is 9.93. The van der Waals surface area contributed by atoms with Gasteiger partial charge in [-0.05, 0) is 38.8 Å². The first-order valence-corrected chi connectivity index (χ1v) is 4.62. The molecule has 1 aliphatic heterocycles. The highest BCUT2D eigenvalue weighted by Gasteiger charge is 2.16. The standard InChI is InChI=1S/C7H15NO.C2H4O2/c1-6(9)7-2-4-8-5-3-7;1-2(3)4/h6-9H,2-5H2,1H3;1H3,(H,3,4)/t6-;/m1./s1. The molecule has 1 atom stereocenters. The van der Waals surface area contributed by atoms with Crippen LogP contribution >= 0.6 is 0 Å². The third-order valence-corrected chi connectivity index (χ3v) is 2.07. The van der Waals surface area contributed by atoms with E-state index in [0.717, 1.165) is 32.9 Å². The summed E-state index contributed by atoms with van der Waals surface area (Å²) in [5.74, 6) is -0.286. The number of hydrogen-bond donors (Lipinski definition) is 3. The van der Waals surface area contributed by atoms with Gasteiger partial charge >= 0.3 is 0 Å². The summed E-state index contributed by atoms with van der Waals surface area (Å²) in [5.41, 5.74) is 0. The van der Waals surface area contributed by atoms with Crippen LogP contribution in [0.15, 0.2) is 0 Å². The van der Waals surface area contributed by atoms with Crippen molar-refractivity contribution in [3.05, 3.63) is 0 Å². The predicted octanol–water partition coefficient (Wildman–Crippen LogP) is 0.458. The molecule has 0 aromatic rings. The van der Waals surface area contributed by atoms with Gasteiger partial charge in [-0.15, -0.1) is 0 Å². The van der Waals surface area contributed by atoms with Crippen LogP contribution in [-0.4, -0.2) is 35.4 Å². The van der Waals surface area contributed by atoms with Crippen molar-refractivity contribution in [2.24, 2.45) is 5.92 Å². The van der Waals surface area contributed by atoms with Crippen LogP contribution in [0.2, 0.25) is 0 Å². The van der Waals surface area contributed by atoms with Gasteiger partial charge in [-0.25, -0.2) is 0 Å². The highest BCUT2D eigenvalue weighted by atomic mass is 16.4. The van der Waals surface area contributed by atoms with Crippen LogP contribution in [0.25, 0.3) is 0 Å². The van der Waals surface area contributed by atoms with Gasteiger partial charge in [0, 0.05) is 6.92 Å². The van der Waals surface area contributed by atoms with E-state index in [1.807, 2.05) is 6.92 Å². The summed E-state index contributed by atoms with van der Waals surface area (Å²) >= 11 is 0. The normalized spacial score (nSPS) is 19.9. The number of aliphatic carboxylic acids is 1. The van der Waals surface area contributed by atoms with Crippen LogP contribution in [-0.2, 0) is 4.79 Å². The first-order valence-electron chi connectivity index (χ1n) is 4.62. The molecule has 0 unspecified atom stereocenters. The molecule has 1 heterocycles. The van der Waals surface area contributed by atoms with Crippen LogP contribution in [0.5, 0.6) is 0 Å². The SMILES string of the molecule is CC(=O)O.C[C@@H](O)C1CCNCC1. The van der Waals surface area contributed by atoms with Gasteiger partial charge in [0.1, 0.15) is 0 Å². The van der Waals surface area contributed by atoms with Gasteiger partial charge in [0.25, 0.3) is 5.97 Å². The number of rotatable bonds is 1. The molecule has 4 nitrogen and oxygen atoms in total. The lowest BCUT2D eigenvalue weighted by molar-refractivity contribution is -0.134. The average molecular weight is 189 g/mol. The number of carbonyl (C=O) groups is 1. The van der Waals surface area contributed by atoms with Crippen LogP contribution in [0.1, 0.15) is 26.7 Å². The van der Waals surface area contributed by atoms with Crippen molar-refractivity contribution < 1.29 is 15.0 Å². The Morgan fingerprint density at radius 3 is 2.08 bits per heavy atom. The molecule has 0 amide bonds. The zero-order chi connectivity index (χ0) is 10.3. The fraction of sp³-hybridized carbons (Fsp3) is 0.889. The summed E-state index contributed by atoms with van der Waals surface area (Å²) in [5, 5.41) is 19.8. The maximum absolute atomic E-state index is 9.15. The molecule has 0 spiro atoms. The van der Waals surface area contributed by atoms with Crippen molar-refractivity contribution in [3.63, 3.8) is 0 Å². The summed E-state index contributed by atoms with van der Waals surface area (Å²) < 4.78 is 0. The smallest absolute Gasteiger partial charge is 0.300 e. The quantitative estimate of drug-likeness (QED) is 0.560. The maximum atomic E-state index is 9.15. The molecule has 0 aromatic carbocycles. The van der Waals surface area contributed by atoms with E-state index in [4.69, 9.17) is 15.0 Å². The molecule has 0 saturated carbocycles. The molecule has 78 valence electrons. The average Bonchev–Trinajstić information content (AvgIpc) is 2.05. The first-order chi connectivity index (χ1) is 6.04. The number of aliphatic hydroxyl groups excluding tert-OH is 1. The van der Waals surface area contributed by atoms with Gasteiger partial charge < -0.3 is 15.5 Å². The molecular weight excluding hydrogens is 170 g/mol. The van der Waals surface area contributed by atoms with Crippen molar-refractivity contribution in [1.29, 1.82) is 0 Å². The highest BCUT2D eigenvalue weighted by Crippen LogP contribution is 2.14. The molecule has 13 heavy (non-hydrogen) atoms. The first kappa shape index (κ1) is 12.4. The Morgan fingerprint density at radius 2 is 1.85 bits per heavy atom. The predicted molar refractivity (Wildman–Crippen MR) is 50.6 cm³/mol. The molecule has 1 aliphatic rings. The monoisotopic (exact) mass is 189 g/mol. The second-order valence-electron chi connectivity index (χ2n) is 3.35. The lowest BCUT2D eigenvalue weighted by Gasteiger charge is -2.24. The minimum Gasteiger partial charge on any atom is -0.481 e. The largest absolute Gasteiger partial charge is 0.481 e. The number of hydrogen-bond acceptors (Lipinski definition) is 3. The zero-order valence-corrected chi connectivity index (χ0v) is 8.29. The Balaban J connectivity index is 0.000000310. The van der Waals surface area contributed by atoms with Crippen LogP contribution in [0.4, 0.5) is 0 Å². The minimum absolute atomic E-state index is 0.105. The third-order valence-electron chi connectivity index (χ3n) is 2.07. The van der Waals surface area contributed by atoms with Gasteiger partial charge in [-0.3, -0.25) is 4.79 Å². The molecule has 1 rings (SSSR count). The molecule has 0 aromatic heterocycles. The summed E-state index contributed by atoms with van der Waals surface area (Å²) in [6, 6.07) is 0. The van der Waals surface area contributed by atoms with Crippen molar-refractivity contribution >= 4 is 5.97 Å². The molecule has 1 saturated heterocycles. The lowest BCUT2D eigenvalue weighted by Crippen LogP contribution is -2.32. The topological polar surface area (TPSA) is 69.6 Å². The molecule has 0 radical (unpaired) electrons. The summed E-state index contributed by atoms with van der Waals surface area (Å²) in [7, 11) is 0. The Kier molecular flexibility index (Phi) is 6.54. The van der Waals surface area contributed by atoms with Gasteiger partial charge in [0.2, 0.25) is 0 Å². The number of nitrogens with one attached hydrogen (secondary N) is 1. The fourth-order valence-electron chi connectivity index (χ4n) is 1.33. The van der Waals surface area contributed by atoms with Crippen molar-refractivity contribution in [3.8, 4) is 0 Å². The highest BCUT2D eigenvalue weighted by molar-refractivity contribution is 5.62. The number of aliphatic hydroxyl groups is 1. The van der Waals surface area contributed by atoms with E-state index in [9.17, 15) is 0 Å². The summed E-state index contributed by atoms with van der Waals surface area (Å²) in [6.07, 6.45) is 2.17. The zero-order valence-electron chi connectivity index (χ0n) is 8.29. The Morgan fingerprint density at radius 1 is 1.46 bits per heavy atom. The van der Waals surface area contributed by atoms with Gasteiger partial charge in [-0.1, -0.05) is 0 Å². The van der Waals surface area contributed by atoms with E-state index in [1.54, 1.807) is 0 Å². The molecule has 0 bridgehead atoms. The Hall–Kier alpha value is -0.610. The molecule has 3 N–H and O–H groups in total. The van der Waals surface area contributed by atoms with E-state index in [-0.39, 0.29) is 6.10 Å². The van der Waals surface area contributed by atoms with Gasteiger partial charge in [-0.2, -0.15) is 0 Å². The minimum atomic E-state index is -0.833. The molecule has 0 aliphatic carbocycles. The Bertz CT molecular complexity index is 138. The number of carboxylic acid groups (broad SMARTS) is 1. The fourth-order valence-corrected chi connectivity index (χ4v) is 1.33. The Labute approximate surface area is 79.0 Å². The third kappa shape index (κ3) is 7.74. The van der Waals surface area contributed by atoms with Crippen LogP contribution in [0, 0.1) is 5.92 Å². The summed E-state index contributed by atoms with van der Waals surface area (Å²) in [4.78, 5) is 9.00. The second kappa shape index (κ2) is 6.86. The van der Waals surface area contributed by atoms with Crippen molar-refractivity contribution in [1.82, 2.24) is 5.32 Å². The van der Waals surface area contributed by atoms with E-state index in [0.29, 0.717) is 5.92 Å². The van der Waals surface area contributed by atoms with Gasteiger partial charge in [0.15, 0.2) is 0 Å². The number of carboxylic acids is 1. The van der Waals surface area contributed by atoms with Gasteiger partial charge in [0.05, 0.1) is 6.10 Å². The van der Waals surface area contributed by atoms with E-state index < -0.39 is 5.97 Å². The maximum Gasteiger partial charge on any atom is 0.300 e. The van der Waals surface area contributed by atoms with E-state index in [1.165, 1.54) is 0 Å². The van der Waals surface area contributed by atoms with E-state index in [2.05, 4.69) is 5.32 Å². The van der Waals surface area contributed by atoms with Crippen molar-refractivity contribution in [2.45, 2.75) is 32.8 Å². The van der Waals surface area contributed by atoms with Crippen LogP contribution < -0.4 is 5.32 Å². The molecule has 4 heteroatoms. The molecular formula is C9H19NO3. The van der Waals surface area contributed by atoms with E-state index >= 15 is 0 Å². The summed E-state index contributed by atoms with van der Waals surface area (Å²) in [6.45, 7) is 5.13. The number of piperidine rings is 1. The van der Waals surface area contributed by atoms with Crippen LogP contribution in [0.3, 0.4) is 0 Å².